The van der Waals surface area contributed by atoms with Crippen molar-refractivity contribution in [2.24, 2.45) is 0 Å². The van der Waals surface area contributed by atoms with Gasteiger partial charge in [-0.15, -0.1) is 0 Å². The minimum Gasteiger partial charge on any atom is -0.451 e. The van der Waals surface area contributed by atoms with Crippen molar-refractivity contribution in [3.05, 3.63) is 69.8 Å². The van der Waals surface area contributed by atoms with E-state index in [4.69, 9.17) is 4.74 Å². The Balaban J connectivity index is 1.87. The van der Waals surface area contributed by atoms with Crippen LogP contribution in [0.2, 0.25) is 0 Å². The third-order valence-electron chi connectivity index (χ3n) is 3.71. The second-order valence-corrected chi connectivity index (χ2v) is 5.95. The van der Waals surface area contributed by atoms with Crippen molar-refractivity contribution in [3.8, 4) is 0 Å². The second-order valence-electron chi connectivity index (χ2n) is 5.95. The van der Waals surface area contributed by atoms with Crippen LogP contribution in [-0.2, 0) is 14.3 Å². The molecule has 0 aliphatic carbocycles. The molecule has 0 unspecified atom stereocenters. The molecular formula is C19H19N3O6. The van der Waals surface area contributed by atoms with Gasteiger partial charge in [-0.1, -0.05) is 29.8 Å². The first kappa shape index (κ1) is 20.6. The van der Waals surface area contributed by atoms with E-state index >= 15 is 0 Å². The highest BCUT2D eigenvalue weighted by molar-refractivity contribution is 5.98. The highest BCUT2D eigenvalue weighted by Gasteiger charge is 2.21. The average molecular weight is 385 g/mol. The number of carbonyl (C=O) groups is 3. The van der Waals surface area contributed by atoms with Crippen LogP contribution >= 0.6 is 0 Å². The molecule has 9 nitrogen and oxygen atoms in total. The lowest BCUT2D eigenvalue weighted by atomic mass is 10.1. The van der Waals surface area contributed by atoms with Gasteiger partial charge in [-0.25, -0.2) is 0 Å². The molecule has 1 atom stereocenters. The maximum atomic E-state index is 12.1. The average Bonchev–Trinajstić information content (AvgIpc) is 2.66. The predicted molar refractivity (Wildman–Crippen MR) is 101 cm³/mol. The normalized spacial score (nSPS) is 11.2. The monoisotopic (exact) mass is 385 g/mol. The summed E-state index contributed by atoms with van der Waals surface area (Å²) in [6.07, 6.45) is -1.21. The summed E-state index contributed by atoms with van der Waals surface area (Å²) < 4.78 is 4.96. The van der Waals surface area contributed by atoms with Crippen LogP contribution in [0.4, 0.5) is 11.4 Å². The molecule has 0 heterocycles. The van der Waals surface area contributed by atoms with E-state index in [1.807, 2.05) is 13.0 Å². The van der Waals surface area contributed by atoms with Gasteiger partial charge in [-0.3, -0.25) is 24.5 Å². The summed E-state index contributed by atoms with van der Waals surface area (Å²) in [6, 6.07) is 12.4. The zero-order valence-corrected chi connectivity index (χ0v) is 15.3. The number of ether oxygens (including phenoxy) is 1. The van der Waals surface area contributed by atoms with Crippen LogP contribution in [0.5, 0.6) is 0 Å². The second kappa shape index (κ2) is 9.26. The maximum Gasteiger partial charge on any atom is 0.326 e. The largest absolute Gasteiger partial charge is 0.451 e. The van der Waals surface area contributed by atoms with Gasteiger partial charge in [-0.2, -0.15) is 0 Å². The molecule has 0 aliphatic heterocycles. The van der Waals surface area contributed by atoms with Crippen LogP contribution < -0.4 is 10.6 Å². The van der Waals surface area contributed by atoms with E-state index < -0.39 is 35.4 Å². The molecule has 0 saturated heterocycles. The summed E-state index contributed by atoms with van der Waals surface area (Å²) in [5, 5.41) is 15.7. The van der Waals surface area contributed by atoms with Gasteiger partial charge in [0.25, 0.3) is 17.5 Å². The van der Waals surface area contributed by atoms with Crippen LogP contribution in [-0.4, -0.2) is 35.4 Å². The van der Waals surface area contributed by atoms with Gasteiger partial charge in [0.2, 0.25) is 0 Å². The molecule has 2 rings (SSSR count). The van der Waals surface area contributed by atoms with E-state index in [0.717, 1.165) is 5.56 Å². The van der Waals surface area contributed by atoms with Gasteiger partial charge in [-0.05, 0) is 32.0 Å². The topological polar surface area (TPSA) is 128 Å². The molecule has 0 bridgehead atoms. The number of esters is 1. The van der Waals surface area contributed by atoms with Crippen molar-refractivity contribution in [1.29, 1.82) is 0 Å². The summed E-state index contributed by atoms with van der Waals surface area (Å²) >= 11 is 0. The van der Waals surface area contributed by atoms with E-state index in [9.17, 15) is 24.5 Å². The number of para-hydroxylation sites is 2. The number of aryl methyl sites for hydroxylation is 1. The van der Waals surface area contributed by atoms with Gasteiger partial charge >= 0.3 is 5.97 Å². The van der Waals surface area contributed by atoms with Crippen LogP contribution in [0.3, 0.4) is 0 Å². The van der Waals surface area contributed by atoms with Crippen molar-refractivity contribution in [2.45, 2.75) is 20.0 Å². The summed E-state index contributed by atoms with van der Waals surface area (Å²) in [5.41, 5.74) is 1.01. The first-order valence-electron chi connectivity index (χ1n) is 8.36. The van der Waals surface area contributed by atoms with Gasteiger partial charge in [0, 0.05) is 11.6 Å². The van der Waals surface area contributed by atoms with Gasteiger partial charge in [0.15, 0.2) is 6.10 Å². The molecule has 2 amide bonds. The van der Waals surface area contributed by atoms with E-state index in [2.05, 4.69) is 10.6 Å². The van der Waals surface area contributed by atoms with E-state index in [1.165, 1.54) is 31.2 Å². The molecule has 0 fully saturated rings. The third-order valence-corrected chi connectivity index (χ3v) is 3.71. The van der Waals surface area contributed by atoms with Crippen LogP contribution in [0.15, 0.2) is 48.5 Å². The Kier molecular flexibility index (Phi) is 6.80. The Bertz CT molecular complexity index is 912. The number of nitro groups is 1. The van der Waals surface area contributed by atoms with Gasteiger partial charge in [0.05, 0.1) is 4.92 Å². The number of hydrogen-bond acceptors (Lipinski definition) is 6. The summed E-state index contributed by atoms with van der Waals surface area (Å²) in [5.74, 6) is -1.99. The number of nitro benzene ring substituents is 1. The first-order chi connectivity index (χ1) is 13.3. The molecule has 0 spiro atoms. The number of amides is 2. The van der Waals surface area contributed by atoms with Crippen LogP contribution in [0.1, 0.15) is 22.8 Å². The standard InChI is InChI=1S/C19H19N3O6/c1-12-6-5-7-14(10-12)19(25)20-11-17(23)28-13(2)18(24)21-15-8-3-4-9-16(15)22(26)27/h3-10,13H,11H2,1-2H3,(H,20,25)(H,21,24)/t13-/m0/s1. The lowest BCUT2D eigenvalue weighted by Gasteiger charge is -2.14. The molecule has 0 saturated carbocycles. The Morgan fingerprint density at radius 2 is 1.86 bits per heavy atom. The fraction of sp³-hybridized carbons (Fsp3) is 0.211. The quantitative estimate of drug-likeness (QED) is 0.427. The molecule has 0 aromatic heterocycles. The number of hydrogen-bond donors (Lipinski definition) is 2. The lowest BCUT2D eigenvalue weighted by Crippen LogP contribution is -2.35. The maximum absolute atomic E-state index is 12.1. The minimum absolute atomic E-state index is 0.00634. The molecule has 2 N–H and O–H groups in total. The fourth-order valence-electron chi connectivity index (χ4n) is 2.31. The van der Waals surface area contributed by atoms with Crippen molar-refractivity contribution < 1.29 is 24.0 Å². The summed E-state index contributed by atoms with van der Waals surface area (Å²) in [6.45, 7) is 2.74. The molecule has 0 aliphatic rings. The molecule has 28 heavy (non-hydrogen) atoms. The molecule has 2 aromatic carbocycles. The van der Waals surface area contributed by atoms with Crippen molar-refractivity contribution in [3.63, 3.8) is 0 Å². The number of rotatable bonds is 7. The van der Waals surface area contributed by atoms with Crippen molar-refractivity contribution in [2.75, 3.05) is 11.9 Å². The number of nitrogens with zero attached hydrogens (tertiary/aromatic N) is 1. The molecule has 146 valence electrons. The first-order valence-corrected chi connectivity index (χ1v) is 8.36. The Morgan fingerprint density at radius 1 is 1.14 bits per heavy atom. The molecule has 9 heteroatoms. The predicted octanol–water partition coefficient (Wildman–Crippen LogP) is 2.20. The van der Waals surface area contributed by atoms with E-state index in [1.54, 1.807) is 18.2 Å². The molecule has 0 radical (unpaired) electrons. The zero-order valence-electron chi connectivity index (χ0n) is 15.3. The Labute approximate surface area is 160 Å². The minimum atomic E-state index is -1.21. The molecule has 2 aromatic rings. The Morgan fingerprint density at radius 3 is 2.54 bits per heavy atom. The van der Waals surface area contributed by atoms with Crippen molar-refractivity contribution in [1.82, 2.24) is 5.32 Å². The highest BCUT2D eigenvalue weighted by atomic mass is 16.6. The number of benzene rings is 2. The number of carbonyl (C=O) groups excluding carboxylic acids is 3. The molecular weight excluding hydrogens is 366 g/mol. The SMILES string of the molecule is Cc1cccc(C(=O)NCC(=O)O[C@@H](C)C(=O)Nc2ccccc2[N+](=O)[O-])c1. The fourth-order valence-corrected chi connectivity index (χ4v) is 2.31. The highest BCUT2D eigenvalue weighted by Crippen LogP contribution is 2.23. The summed E-state index contributed by atoms with van der Waals surface area (Å²) in [4.78, 5) is 46.3. The zero-order chi connectivity index (χ0) is 20.7. The number of anilines is 1. The van der Waals surface area contributed by atoms with Crippen molar-refractivity contribution >= 4 is 29.2 Å². The van der Waals surface area contributed by atoms with Gasteiger partial charge < -0.3 is 15.4 Å². The van der Waals surface area contributed by atoms with Gasteiger partial charge in [0.1, 0.15) is 12.2 Å². The lowest BCUT2D eigenvalue weighted by molar-refractivity contribution is -0.383. The number of nitrogens with one attached hydrogen (secondary N) is 2. The van der Waals surface area contributed by atoms with Crippen LogP contribution in [0, 0.1) is 17.0 Å². The third kappa shape index (κ3) is 5.63. The van der Waals surface area contributed by atoms with Crippen LogP contribution in [0.25, 0.3) is 0 Å². The smallest absolute Gasteiger partial charge is 0.326 e. The van der Waals surface area contributed by atoms with E-state index in [0.29, 0.717) is 5.56 Å². The Hall–Kier alpha value is -3.75. The summed E-state index contributed by atoms with van der Waals surface area (Å²) in [7, 11) is 0. The van der Waals surface area contributed by atoms with E-state index in [-0.39, 0.29) is 11.4 Å².